The lowest BCUT2D eigenvalue weighted by molar-refractivity contribution is -0.135. The quantitative estimate of drug-likeness (QED) is 0.561. The summed E-state index contributed by atoms with van der Waals surface area (Å²) >= 11 is 5.92. The molecule has 8 heteroatoms. The summed E-state index contributed by atoms with van der Waals surface area (Å²) in [6.45, 7) is 4.66. The van der Waals surface area contributed by atoms with Gasteiger partial charge in [0.2, 0.25) is 12.3 Å². The van der Waals surface area contributed by atoms with Gasteiger partial charge in [-0.05, 0) is 23.1 Å². The predicted molar refractivity (Wildman–Crippen MR) is 111 cm³/mol. The molecule has 1 aliphatic heterocycles. The van der Waals surface area contributed by atoms with Crippen molar-refractivity contribution in [2.75, 3.05) is 25.5 Å². The van der Waals surface area contributed by atoms with Crippen LogP contribution in [-0.2, 0) is 15.0 Å². The van der Waals surface area contributed by atoms with E-state index < -0.39 is 5.41 Å². The van der Waals surface area contributed by atoms with Crippen LogP contribution in [-0.4, -0.2) is 48.2 Å². The summed E-state index contributed by atoms with van der Waals surface area (Å²) in [5, 5.41) is 5.52. The summed E-state index contributed by atoms with van der Waals surface area (Å²) in [5.74, 6) is -0.470. The maximum absolute atomic E-state index is 13.5. The third-order valence-electron chi connectivity index (χ3n) is 5.22. The minimum absolute atomic E-state index is 0.150. The second-order valence-electron chi connectivity index (χ2n) is 7.42. The summed E-state index contributed by atoms with van der Waals surface area (Å²) in [7, 11) is 1.50. The van der Waals surface area contributed by atoms with Gasteiger partial charge in [0.1, 0.15) is 10.6 Å². The molecule has 1 aromatic heterocycles. The number of aromatic nitrogens is 1. The SMILES string of the molecule is CNC(=O)c1cc(Cl)ncc1NC(=O)C1(c2ccccc2C(C)C)CN(C=O)C1. The standard InChI is InChI=1S/C21H23ClN4O3/c1-13(2)14-6-4-5-7-16(14)21(10-26(11-21)12-27)20(29)25-17-9-24-18(22)8-15(17)19(28)23-3/h4-9,12-13H,10-11H2,1-3H3,(H,23,28)(H,25,29). The Morgan fingerprint density at radius 2 is 1.97 bits per heavy atom. The first-order valence-electron chi connectivity index (χ1n) is 9.30. The van der Waals surface area contributed by atoms with Crippen LogP contribution >= 0.6 is 11.6 Å². The van der Waals surface area contributed by atoms with Gasteiger partial charge in [0, 0.05) is 20.1 Å². The molecule has 0 saturated carbocycles. The molecule has 1 saturated heterocycles. The van der Waals surface area contributed by atoms with E-state index in [9.17, 15) is 14.4 Å². The number of anilines is 1. The molecule has 0 bridgehead atoms. The van der Waals surface area contributed by atoms with Crippen LogP contribution in [0.2, 0.25) is 5.15 Å². The average molecular weight is 415 g/mol. The number of hydrogen-bond donors (Lipinski definition) is 2. The van der Waals surface area contributed by atoms with Crippen molar-refractivity contribution < 1.29 is 14.4 Å². The first kappa shape index (κ1) is 20.8. The largest absolute Gasteiger partial charge is 0.355 e. The Bertz CT molecular complexity index is 955. The number of pyridine rings is 1. The van der Waals surface area contributed by atoms with Gasteiger partial charge in [0.05, 0.1) is 17.4 Å². The first-order chi connectivity index (χ1) is 13.8. The first-order valence-corrected chi connectivity index (χ1v) is 9.68. The Labute approximate surface area is 174 Å². The van der Waals surface area contributed by atoms with Crippen LogP contribution < -0.4 is 10.6 Å². The minimum atomic E-state index is -0.901. The third-order valence-corrected chi connectivity index (χ3v) is 5.43. The molecule has 0 atom stereocenters. The number of amides is 3. The van der Waals surface area contributed by atoms with Gasteiger partial charge in [0.15, 0.2) is 0 Å². The molecule has 29 heavy (non-hydrogen) atoms. The van der Waals surface area contributed by atoms with E-state index >= 15 is 0 Å². The molecule has 1 fully saturated rings. The number of nitrogens with one attached hydrogen (secondary N) is 2. The lowest BCUT2D eigenvalue weighted by atomic mass is 9.70. The van der Waals surface area contributed by atoms with Crippen molar-refractivity contribution in [2.24, 2.45) is 0 Å². The second-order valence-corrected chi connectivity index (χ2v) is 7.81. The number of benzene rings is 1. The van der Waals surface area contributed by atoms with Crippen LogP contribution in [0.3, 0.4) is 0 Å². The Balaban J connectivity index is 2.01. The van der Waals surface area contributed by atoms with E-state index in [0.29, 0.717) is 0 Å². The minimum Gasteiger partial charge on any atom is -0.355 e. The summed E-state index contributed by atoms with van der Waals surface area (Å²) in [5.41, 5.74) is 1.52. The van der Waals surface area contributed by atoms with Crippen molar-refractivity contribution in [3.8, 4) is 0 Å². The van der Waals surface area contributed by atoms with Gasteiger partial charge in [-0.1, -0.05) is 49.7 Å². The fourth-order valence-electron chi connectivity index (χ4n) is 3.69. The molecule has 152 valence electrons. The highest BCUT2D eigenvalue weighted by molar-refractivity contribution is 6.30. The number of rotatable bonds is 6. The third kappa shape index (κ3) is 3.82. The summed E-state index contributed by atoms with van der Waals surface area (Å²) < 4.78 is 0. The molecule has 1 aliphatic rings. The van der Waals surface area contributed by atoms with Crippen molar-refractivity contribution in [3.63, 3.8) is 0 Å². The molecule has 3 amide bonds. The smallest absolute Gasteiger partial charge is 0.253 e. The molecule has 0 radical (unpaired) electrons. The zero-order valence-electron chi connectivity index (χ0n) is 16.5. The molecule has 0 unspecified atom stereocenters. The number of nitrogens with zero attached hydrogens (tertiary/aromatic N) is 2. The van der Waals surface area contributed by atoms with Gasteiger partial charge in [-0.3, -0.25) is 14.4 Å². The van der Waals surface area contributed by atoms with E-state index in [-0.39, 0.29) is 47.2 Å². The summed E-state index contributed by atoms with van der Waals surface area (Å²) in [6.07, 6.45) is 2.10. The molecular formula is C21H23ClN4O3. The van der Waals surface area contributed by atoms with Gasteiger partial charge in [-0.2, -0.15) is 0 Å². The van der Waals surface area contributed by atoms with Crippen molar-refractivity contribution in [2.45, 2.75) is 25.2 Å². The Hall–Kier alpha value is -2.93. The fourth-order valence-corrected chi connectivity index (χ4v) is 3.85. The molecule has 3 rings (SSSR count). The van der Waals surface area contributed by atoms with Crippen LogP contribution in [0.15, 0.2) is 36.5 Å². The van der Waals surface area contributed by atoms with Crippen LogP contribution in [0.25, 0.3) is 0 Å². The summed E-state index contributed by atoms with van der Waals surface area (Å²) in [4.78, 5) is 42.4. The highest BCUT2D eigenvalue weighted by Gasteiger charge is 2.51. The Morgan fingerprint density at radius 3 is 2.59 bits per heavy atom. The van der Waals surface area contributed by atoms with Crippen LogP contribution in [0.1, 0.15) is 41.3 Å². The molecular weight excluding hydrogens is 392 g/mol. The van der Waals surface area contributed by atoms with Gasteiger partial charge >= 0.3 is 0 Å². The van der Waals surface area contributed by atoms with E-state index in [1.807, 2.05) is 24.3 Å². The fraction of sp³-hybridized carbons (Fsp3) is 0.333. The topological polar surface area (TPSA) is 91.4 Å². The Morgan fingerprint density at radius 1 is 1.28 bits per heavy atom. The summed E-state index contributed by atoms with van der Waals surface area (Å²) in [6, 6.07) is 9.16. The van der Waals surface area contributed by atoms with E-state index in [0.717, 1.165) is 17.5 Å². The van der Waals surface area contributed by atoms with Gasteiger partial charge in [0.25, 0.3) is 5.91 Å². The monoisotopic (exact) mass is 414 g/mol. The van der Waals surface area contributed by atoms with Crippen molar-refractivity contribution >= 4 is 35.5 Å². The van der Waals surface area contributed by atoms with E-state index in [4.69, 9.17) is 11.6 Å². The number of hydrogen-bond acceptors (Lipinski definition) is 4. The normalized spacial score (nSPS) is 14.9. The second kappa shape index (κ2) is 8.21. The van der Waals surface area contributed by atoms with Crippen molar-refractivity contribution in [1.29, 1.82) is 0 Å². The van der Waals surface area contributed by atoms with Crippen LogP contribution in [0.5, 0.6) is 0 Å². The van der Waals surface area contributed by atoms with Crippen LogP contribution in [0, 0.1) is 0 Å². The number of carbonyl (C=O) groups excluding carboxylic acids is 3. The molecule has 7 nitrogen and oxygen atoms in total. The maximum atomic E-state index is 13.5. The molecule has 0 spiro atoms. The van der Waals surface area contributed by atoms with Crippen molar-refractivity contribution in [1.82, 2.24) is 15.2 Å². The molecule has 2 aromatic rings. The zero-order chi connectivity index (χ0) is 21.2. The van der Waals surface area contributed by atoms with Gasteiger partial charge in [-0.25, -0.2) is 4.98 Å². The lowest BCUT2D eigenvalue weighted by Gasteiger charge is -2.48. The van der Waals surface area contributed by atoms with Gasteiger partial charge < -0.3 is 15.5 Å². The maximum Gasteiger partial charge on any atom is 0.253 e. The molecule has 0 aliphatic carbocycles. The molecule has 1 aromatic carbocycles. The zero-order valence-corrected chi connectivity index (χ0v) is 17.3. The molecule has 2 heterocycles. The van der Waals surface area contributed by atoms with Crippen LogP contribution in [0.4, 0.5) is 5.69 Å². The average Bonchev–Trinajstić information content (AvgIpc) is 2.68. The van der Waals surface area contributed by atoms with E-state index in [1.165, 1.54) is 19.3 Å². The van der Waals surface area contributed by atoms with E-state index in [2.05, 4.69) is 29.5 Å². The predicted octanol–water partition coefficient (Wildman–Crippen LogP) is 2.57. The lowest BCUT2D eigenvalue weighted by Crippen LogP contribution is -2.64. The number of likely N-dealkylation sites (tertiary alicyclic amines) is 1. The Kier molecular flexibility index (Phi) is 5.88. The molecule has 2 N–H and O–H groups in total. The number of halogens is 1. The van der Waals surface area contributed by atoms with Gasteiger partial charge in [-0.15, -0.1) is 0 Å². The highest BCUT2D eigenvalue weighted by Crippen LogP contribution is 2.39. The van der Waals surface area contributed by atoms with E-state index in [1.54, 1.807) is 4.90 Å². The number of carbonyl (C=O) groups is 3. The highest BCUT2D eigenvalue weighted by atomic mass is 35.5. The van der Waals surface area contributed by atoms with Crippen molar-refractivity contribution in [3.05, 3.63) is 58.4 Å².